The van der Waals surface area contributed by atoms with Gasteiger partial charge in [0, 0.05) is 6.54 Å². The molecular weight excluding hydrogens is 246 g/mol. The van der Waals surface area contributed by atoms with Gasteiger partial charge in [0.25, 0.3) is 0 Å². The van der Waals surface area contributed by atoms with Gasteiger partial charge in [-0.1, -0.05) is 31.9 Å². The van der Waals surface area contributed by atoms with E-state index in [2.05, 4.69) is 32.2 Å². The van der Waals surface area contributed by atoms with E-state index < -0.39 is 5.60 Å². The lowest BCUT2D eigenvalue weighted by molar-refractivity contribution is -0.00923. The average molecular weight is 279 g/mol. The Labute approximate surface area is 125 Å². The zero-order chi connectivity index (χ0) is 14.6. The molecule has 2 N–H and O–H groups in total. The Hall–Kier alpha value is -0.340. The third-order valence-corrected chi connectivity index (χ3v) is 5.39. The second-order valence-electron chi connectivity index (χ2n) is 7.50. The minimum absolute atomic E-state index is 0.434. The molecule has 0 spiro atoms. The van der Waals surface area contributed by atoms with Crippen molar-refractivity contribution in [3.05, 3.63) is 11.6 Å². The van der Waals surface area contributed by atoms with E-state index >= 15 is 0 Å². The third kappa shape index (κ3) is 4.60. The first-order valence-electron chi connectivity index (χ1n) is 8.61. The van der Waals surface area contributed by atoms with Crippen LogP contribution < -0.4 is 5.32 Å². The molecule has 2 nitrogen and oxygen atoms in total. The summed E-state index contributed by atoms with van der Waals surface area (Å²) >= 11 is 0. The van der Waals surface area contributed by atoms with Gasteiger partial charge < -0.3 is 10.4 Å². The molecular formula is C18H33NO. The van der Waals surface area contributed by atoms with E-state index in [1.54, 1.807) is 0 Å². The van der Waals surface area contributed by atoms with Crippen molar-refractivity contribution in [2.24, 2.45) is 17.8 Å². The fourth-order valence-electron chi connectivity index (χ4n) is 4.15. The second kappa shape index (κ2) is 7.09. The first kappa shape index (κ1) is 16.0. The van der Waals surface area contributed by atoms with Crippen LogP contribution in [0.3, 0.4) is 0 Å². The number of hydrogen-bond donors (Lipinski definition) is 2. The van der Waals surface area contributed by atoms with Crippen molar-refractivity contribution in [3.8, 4) is 0 Å². The zero-order valence-corrected chi connectivity index (χ0v) is 13.6. The van der Waals surface area contributed by atoms with Crippen LogP contribution in [0.4, 0.5) is 0 Å². The molecule has 2 heteroatoms. The van der Waals surface area contributed by atoms with Crippen LogP contribution in [0.5, 0.6) is 0 Å². The summed E-state index contributed by atoms with van der Waals surface area (Å²) in [6.45, 7) is 8.69. The van der Waals surface area contributed by atoms with Crippen LogP contribution in [-0.4, -0.2) is 23.8 Å². The Kier molecular flexibility index (Phi) is 5.68. The molecule has 0 aromatic carbocycles. The molecule has 2 aliphatic carbocycles. The van der Waals surface area contributed by atoms with Crippen molar-refractivity contribution in [2.45, 2.75) is 71.3 Å². The van der Waals surface area contributed by atoms with E-state index in [-0.39, 0.29) is 0 Å². The molecule has 1 fully saturated rings. The number of aliphatic hydroxyl groups is 1. The molecule has 0 saturated heterocycles. The van der Waals surface area contributed by atoms with Gasteiger partial charge in [0.2, 0.25) is 0 Å². The Morgan fingerprint density at radius 2 is 2.00 bits per heavy atom. The molecule has 1 saturated carbocycles. The maximum Gasteiger partial charge on any atom is 0.0771 e. The number of allylic oxidation sites excluding steroid dienone is 2. The van der Waals surface area contributed by atoms with E-state index in [0.717, 1.165) is 43.7 Å². The molecule has 2 unspecified atom stereocenters. The molecule has 2 atom stereocenters. The standard InChI is InChI=1S/C18H33NO/c1-4-16-5-7-18(20,8-6-16)13-19-12-17-10-14(2)9-15(3)11-17/h9,14,16-17,19-20H,4-8,10-13H2,1-3H3. The van der Waals surface area contributed by atoms with Crippen molar-refractivity contribution >= 4 is 0 Å². The van der Waals surface area contributed by atoms with Crippen molar-refractivity contribution in [1.29, 1.82) is 0 Å². The quantitative estimate of drug-likeness (QED) is 0.748. The summed E-state index contributed by atoms with van der Waals surface area (Å²) in [5, 5.41) is 14.2. The molecule has 116 valence electrons. The third-order valence-electron chi connectivity index (χ3n) is 5.39. The molecule has 2 aliphatic rings. The van der Waals surface area contributed by atoms with Crippen molar-refractivity contribution in [3.63, 3.8) is 0 Å². The molecule has 0 radical (unpaired) electrons. The van der Waals surface area contributed by atoms with Gasteiger partial charge in [0.15, 0.2) is 0 Å². The van der Waals surface area contributed by atoms with Crippen LogP contribution in [0.15, 0.2) is 11.6 Å². The minimum atomic E-state index is -0.434. The zero-order valence-electron chi connectivity index (χ0n) is 13.6. The van der Waals surface area contributed by atoms with Gasteiger partial charge in [0.1, 0.15) is 0 Å². The summed E-state index contributed by atoms with van der Waals surface area (Å²) < 4.78 is 0. The summed E-state index contributed by atoms with van der Waals surface area (Å²) in [7, 11) is 0. The van der Waals surface area contributed by atoms with E-state index in [1.807, 2.05) is 0 Å². The number of hydrogen-bond acceptors (Lipinski definition) is 2. The highest BCUT2D eigenvalue weighted by atomic mass is 16.3. The van der Waals surface area contributed by atoms with Crippen LogP contribution in [0.25, 0.3) is 0 Å². The molecule has 0 aromatic heterocycles. The van der Waals surface area contributed by atoms with Crippen LogP contribution in [0, 0.1) is 17.8 Å². The van der Waals surface area contributed by atoms with Crippen molar-refractivity contribution < 1.29 is 5.11 Å². The SMILES string of the molecule is CCC1CCC(O)(CNCC2CC(C)=CC(C)C2)CC1. The molecule has 20 heavy (non-hydrogen) atoms. The van der Waals surface area contributed by atoms with Gasteiger partial charge in [-0.05, 0) is 69.7 Å². The van der Waals surface area contributed by atoms with Gasteiger partial charge >= 0.3 is 0 Å². The predicted molar refractivity (Wildman–Crippen MR) is 85.7 cm³/mol. The topological polar surface area (TPSA) is 32.3 Å². The van der Waals surface area contributed by atoms with E-state index in [9.17, 15) is 5.11 Å². The summed E-state index contributed by atoms with van der Waals surface area (Å²) in [5.41, 5.74) is 1.11. The summed E-state index contributed by atoms with van der Waals surface area (Å²) in [6.07, 6.45) is 10.6. The Balaban J connectivity index is 1.69. The highest BCUT2D eigenvalue weighted by Crippen LogP contribution is 2.33. The number of nitrogens with one attached hydrogen (secondary N) is 1. The first-order valence-corrected chi connectivity index (χ1v) is 8.61. The van der Waals surface area contributed by atoms with Gasteiger partial charge in [-0.25, -0.2) is 0 Å². The lowest BCUT2D eigenvalue weighted by Gasteiger charge is -2.36. The molecule has 2 rings (SSSR count). The summed E-state index contributed by atoms with van der Waals surface area (Å²) in [6, 6.07) is 0. The molecule has 0 aliphatic heterocycles. The Morgan fingerprint density at radius 3 is 2.60 bits per heavy atom. The smallest absolute Gasteiger partial charge is 0.0771 e. The number of rotatable bonds is 5. The average Bonchev–Trinajstić information content (AvgIpc) is 2.38. The normalized spacial score (nSPS) is 38.6. The fraction of sp³-hybridized carbons (Fsp3) is 0.889. The van der Waals surface area contributed by atoms with Crippen molar-refractivity contribution in [1.82, 2.24) is 5.32 Å². The van der Waals surface area contributed by atoms with E-state index in [4.69, 9.17) is 0 Å². The van der Waals surface area contributed by atoms with Crippen LogP contribution >= 0.6 is 0 Å². The van der Waals surface area contributed by atoms with Gasteiger partial charge in [0.05, 0.1) is 5.60 Å². The monoisotopic (exact) mass is 279 g/mol. The predicted octanol–water partition coefficient (Wildman–Crippen LogP) is 3.90. The second-order valence-corrected chi connectivity index (χ2v) is 7.50. The van der Waals surface area contributed by atoms with E-state index in [1.165, 1.54) is 37.7 Å². The lowest BCUT2D eigenvalue weighted by Crippen LogP contribution is -2.44. The highest BCUT2D eigenvalue weighted by molar-refractivity contribution is 5.06. The van der Waals surface area contributed by atoms with Crippen molar-refractivity contribution in [2.75, 3.05) is 13.1 Å². The molecule has 0 heterocycles. The first-order chi connectivity index (χ1) is 9.50. The fourth-order valence-corrected chi connectivity index (χ4v) is 4.15. The Morgan fingerprint density at radius 1 is 1.30 bits per heavy atom. The summed E-state index contributed by atoms with van der Waals surface area (Å²) in [5.74, 6) is 2.33. The van der Waals surface area contributed by atoms with Crippen LogP contribution in [0.2, 0.25) is 0 Å². The maximum absolute atomic E-state index is 10.6. The van der Waals surface area contributed by atoms with Crippen LogP contribution in [-0.2, 0) is 0 Å². The maximum atomic E-state index is 10.6. The van der Waals surface area contributed by atoms with E-state index in [0.29, 0.717) is 0 Å². The summed E-state index contributed by atoms with van der Waals surface area (Å²) in [4.78, 5) is 0. The van der Waals surface area contributed by atoms with Gasteiger partial charge in [-0.2, -0.15) is 0 Å². The van der Waals surface area contributed by atoms with Crippen LogP contribution in [0.1, 0.15) is 65.7 Å². The molecule has 0 bridgehead atoms. The lowest BCUT2D eigenvalue weighted by atomic mass is 9.77. The van der Waals surface area contributed by atoms with Gasteiger partial charge in [-0.3, -0.25) is 0 Å². The highest BCUT2D eigenvalue weighted by Gasteiger charge is 2.32. The largest absolute Gasteiger partial charge is 0.389 e. The Bertz CT molecular complexity index is 328. The van der Waals surface area contributed by atoms with Gasteiger partial charge in [-0.15, -0.1) is 0 Å². The minimum Gasteiger partial charge on any atom is -0.389 e. The molecule has 0 aromatic rings. The molecule has 0 amide bonds.